The molecule has 0 spiro atoms. The summed E-state index contributed by atoms with van der Waals surface area (Å²) in [5, 5.41) is 2.56. The lowest BCUT2D eigenvalue weighted by Gasteiger charge is -2.30. The maximum absolute atomic E-state index is 12.9. The molecule has 94 valence electrons. The number of ether oxygens (including phenoxy) is 1. The summed E-state index contributed by atoms with van der Waals surface area (Å²) < 4.78 is 43.7. The summed E-state index contributed by atoms with van der Waals surface area (Å²) in [6.45, 7) is 0.258. The number of nitrogens with one attached hydrogen (secondary N) is 1. The average molecular weight is 266 g/mol. The number of fused-ring (bicyclic) bond motifs is 1. The van der Waals surface area contributed by atoms with Crippen LogP contribution in [0.4, 0.5) is 13.2 Å². The van der Waals surface area contributed by atoms with Gasteiger partial charge < -0.3 is 10.1 Å². The fourth-order valence-electron chi connectivity index (χ4n) is 2.10. The van der Waals surface area contributed by atoms with Crippen LogP contribution in [-0.2, 0) is 6.42 Å². The van der Waals surface area contributed by atoms with Crippen molar-refractivity contribution in [2.45, 2.75) is 18.6 Å². The van der Waals surface area contributed by atoms with E-state index in [1.165, 1.54) is 13.2 Å². The molecule has 0 saturated carbocycles. The molecule has 0 fully saturated rings. The zero-order valence-corrected chi connectivity index (χ0v) is 9.82. The predicted octanol–water partition coefficient (Wildman–Crippen LogP) is 3.10. The van der Waals surface area contributed by atoms with E-state index in [4.69, 9.17) is 16.3 Å². The summed E-state index contributed by atoms with van der Waals surface area (Å²) in [5.41, 5.74) is 0.630. The molecule has 1 atom stereocenters. The summed E-state index contributed by atoms with van der Waals surface area (Å²) in [5.74, 6) is 0.458. The second kappa shape index (κ2) is 4.38. The van der Waals surface area contributed by atoms with E-state index in [-0.39, 0.29) is 17.1 Å². The second-order valence-electron chi connectivity index (χ2n) is 3.82. The molecule has 0 saturated heterocycles. The Morgan fingerprint density at radius 3 is 2.71 bits per heavy atom. The molecule has 6 heteroatoms. The lowest BCUT2D eigenvalue weighted by Crippen LogP contribution is -2.39. The third-order valence-corrected chi connectivity index (χ3v) is 3.15. The number of alkyl halides is 3. The van der Waals surface area contributed by atoms with Crippen LogP contribution in [0, 0.1) is 0 Å². The Morgan fingerprint density at radius 1 is 1.41 bits per heavy atom. The van der Waals surface area contributed by atoms with Gasteiger partial charge in [0.1, 0.15) is 11.8 Å². The van der Waals surface area contributed by atoms with Gasteiger partial charge in [0.25, 0.3) is 0 Å². The van der Waals surface area contributed by atoms with E-state index in [1.54, 1.807) is 6.07 Å². The van der Waals surface area contributed by atoms with Crippen LogP contribution in [0.5, 0.6) is 5.75 Å². The highest BCUT2D eigenvalue weighted by atomic mass is 35.5. The molecule has 0 bridgehead atoms. The van der Waals surface area contributed by atoms with Gasteiger partial charge >= 0.3 is 6.18 Å². The lowest BCUT2D eigenvalue weighted by atomic mass is 9.93. The van der Waals surface area contributed by atoms with Gasteiger partial charge in [-0.3, -0.25) is 0 Å². The zero-order chi connectivity index (χ0) is 12.6. The molecule has 2 rings (SSSR count). The molecule has 0 radical (unpaired) electrons. The molecule has 1 aliphatic rings. The number of benzene rings is 1. The minimum Gasteiger partial charge on any atom is -0.496 e. The molecule has 1 aliphatic heterocycles. The molecule has 1 aromatic rings. The van der Waals surface area contributed by atoms with Crippen LogP contribution in [-0.4, -0.2) is 19.8 Å². The Morgan fingerprint density at radius 2 is 2.12 bits per heavy atom. The Kier molecular flexibility index (Phi) is 3.23. The minimum atomic E-state index is -4.36. The number of hydrogen-bond acceptors (Lipinski definition) is 2. The molecule has 1 aromatic carbocycles. The van der Waals surface area contributed by atoms with Crippen molar-refractivity contribution >= 4 is 11.6 Å². The van der Waals surface area contributed by atoms with E-state index in [0.29, 0.717) is 17.7 Å². The van der Waals surface area contributed by atoms with Gasteiger partial charge in [0.2, 0.25) is 0 Å². The van der Waals surface area contributed by atoms with E-state index >= 15 is 0 Å². The van der Waals surface area contributed by atoms with Crippen LogP contribution in [0.15, 0.2) is 12.1 Å². The highest BCUT2D eigenvalue weighted by Crippen LogP contribution is 2.42. The average Bonchev–Trinajstić information content (AvgIpc) is 2.28. The van der Waals surface area contributed by atoms with Crippen LogP contribution < -0.4 is 10.1 Å². The van der Waals surface area contributed by atoms with E-state index in [0.717, 1.165) is 0 Å². The molecule has 0 aliphatic carbocycles. The minimum absolute atomic E-state index is 0.0877. The maximum Gasteiger partial charge on any atom is 0.407 e. The third-order valence-electron chi connectivity index (χ3n) is 2.82. The first-order chi connectivity index (χ1) is 7.95. The van der Waals surface area contributed by atoms with Crippen molar-refractivity contribution in [3.63, 3.8) is 0 Å². The van der Waals surface area contributed by atoms with Crippen molar-refractivity contribution in [3.8, 4) is 5.75 Å². The molecule has 1 unspecified atom stereocenters. The molecule has 17 heavy (non-hydrogen) atoms. The smallest absolute Gasteiger partial charge is 0.407 e. The van der Waals surface area contributed by atoms with Crippen LogP contribution in [0.2, 0.25) is 5.02 Å². The van der Waals surface area contributed by atoms with Gasteiger partial charge in [-0.25, -0.2) is 0 Å². The normalized spacial score (nSPS) is 19.9. The van der Waals surface area contributed by atoms with Crippen molar-refractivity contribution in [1.29, 1.82) is 0 Å². The summed E-state index contributed by atoms with van der Waals surface area (Å²) in [6, 6.07) is 1.32. The molecule has 0 aromatic heterocycles. The molecule has 2 nitrogen and oxygen atoms in total. The Hall–Kier alpha value is -0.940. The van der Waals surface area contributed by atoms with Gasteiger partial charge in [0.15, 0.2) is 0 Å². The number of halogens is 4. The van der Waals surface area contributed by atoms with Gasteiger partial charge in [-0.2, -0.15) is 13.2 Å². The van der Waals surface area contributed by atoms with Crippen molar-refractivity contribution in [2.75, 3.05) is 13.7 Å². The first-order valence-electron chi connectivity index (χ1n) is 5.10. The summed E-state index contributed by atoms with van der Waals surface area (Å²) in [7, 11) is 1.44. The number of methoxy groups -OCH3 is 1. The van der Waals surface area contributed by atoms with Crippen molar-refractivity contribution < 1.29 is 17.9 Å². The highest BCUT2D eigenvalue weighted by molar-refractivity contribution is 6.31. The topological polar surface area (TPSA) is 21.3 Å². The van der Waals surface area contributed by atoms with Crippen LogP contribution in [0.25, 0.3) is 0 Å². The quantitative estimate of drug-likeness (QED) is 0.842. The molecule has 1 heterocycles. The monoisotopic (exact) mass is 265 g/mol. The van der Waals surface area contributed by atoms with Gasteiger partial charge in [0.05, 0.1) is 7.11 Å². The number of rotatable bonds is 1. The van der Waals surface area contributed by atoms with Crippen molar-refractivity contribution in [2.24, 2.45) is 0 Å². The van der Waals surface area contributed by atoms with E-state index < -0.39 is 12.2 Å². The highest BCUT2D eigenvalue weighted by Gasteiger charge is 2.44. The van der Waals surface area contributed by atoms with Gasteiger partial charge in [-0.15, -0.1) is 0 Å². The number of hydrogen-bond donors (Lipinski definition) is 1. The first kappa shape index (κ1) is 12.5. The summed E-state index contributed by atoms with van der Waals surface area (Å²) in [4.78, 5) is 0. The Labute approximate surface area is 102 Å². The van der Waals surface area contributed by atoms with Crippen LogP contribution >= 0.6 is 11.6 Å². The standard InChI is InChI=1S/C11H11ClF3NO/c1-17-8-3-2-7(12)9-6(8)4-5-16-10(9)11(13,14)15/h2-3,10,16H,4-5H2,1H3. The summed E-state index contributed by atoms with van der Waals surface area (Å²) in [6.07, 6.45) is -3.88. The van der Waals surface area contributed by atoms with Crippen molar-refractivity contribution in [3.05, 3.63) is 28.3 Å². The largest absolute Gasteiger partial charge is 0.496 e. The first-order valence-corrected chi connectivity index (χ1v) is 5.48. The van der Waals surface area contributed by atoms with Gasteiger partial charge in [-0.1, -0.05) is 11.6 Å². The van der Waals surface area contributed by atoms with Crippen LogP contribution in [0.3, 0.4) is 0 Å². The zero-order valence-electron chi connectivity index (χ0n) is 9.07. The third kappa shape index (κ3) is 2.21. The Bertz CT molecular complexity index is 433. The van der Waals surface area contributed by atoms with Crippen LogP contribution in [0.1, 0.15) is 17.2 Å². The summed E-state index contributed by atoms with van der Waals surface area (Å²) >= 11 is 5.88. The second-order valence-corrected chi connectivity index (χ2v) is 4.23. The molecular weight excluding hydrogens is 255 g/mol. The lowest BCUT2D eigenvalue weighted by molar-refractivity contribution is -0.158. The predicted molar refractivity (Wildman–Crippen MR) is 58.5 cm³/mol. The van der Waals surface area contributed by atoms with E-state index in [1.807, 2.05) is 0 Å². The molecule has 1 N–H and O–H groups in total. The van der Waals surface area contributed by atoms with E-state index in [9.17, 15) is 13.2 Å². The van der Waals surface area contributed by atoms with Gasteiger partial charge in [0, 0.05) is 22.7 Å². The van der Waals surface area contributed by atoms with E-state index in [2.05, 4.69) is 5.32 Å². The van der Waals surface area contributed by atoms with Crippen molar-refractivity contribution in [1.82, 2.24) is 5.32 Å². The van der Waals surface area contributed by atoms with Gasteiger partial charge in [-0.05, 0) is 18.6 Å². The molecular formula is C11H11ClF3NO. The maximum atomic E-state index is 12.9. The fourth-order valence-corrected chi connectivity index (χ4v) is 2.39. The molecule has 0 amide bonds. The Balaban J connectivity index is 2.57. The fraction of sp³-hybridized carbons (Fsp3) is 0.455. The SMILES string of the molecule is COc1ccc(Cl)c2c1CCNC2C(F)(F)F.